The van der Waals surface area contributed by atoms with Crippen LogP contribution in [0.25, 0.3) is 21.9 Å². The molecule has 0 aliphatic rings. The van der Waals surface area contributed by atoms with Crippen molar-refractivity contribution in [1.82, 2.24) is 0 Å². The van der Waals surface area contributed by atoms with Gasteiger partial charge >= 0.3 is 11.9 Å². The molecule has 3 aromatic rings. The summed E-state index contributed by atoms with van der Waals surface area (Å²) < 4.78 is 15.2. The number of ether oxygens (including phenoxy) is 3. The van der Waals surface area contributed by atoms with Gasteiger partial charge in [0.15, 0.2) is 0 Å². The van der Waals surface area contributed by atoms with Crippen molar-refractivity contribution in [3.05, 3.63) is 98.5 Å². The fourth-order valence-electron chi connectivity index (χ4n) is 2.60. The molecule has 3 rings (SSSR count). The van der Waals surface area contributed by atoms with Gasteiger partial charge in [0.1, 0.15) is 24.0 Å². The average Bonchev–Trinajstić information content (AvgIpc) is 2.76. The minimum absolute atomic E-state index is 0.466. The van der Waals surface area contributed by atoms with Crippen LogP contribution in [0.1, 0.15) is 0 Å². The van der Waals surface area contributed by atoms with Crippen molar-refractivity contribution in [2.45, 2.75) is 0 Å². The van der Waals surface area contributed by atoms with E-state index in [1.54, 1.807) is 12.1 Å². The molecule has 0 saturated heterocycles. The summed E-state index contributed by atoms with van der Waals surface area (Å²) in [5.74, 6) is 0.0376. The van der Waals surface area contributed by atoms with E-state index in [4.69, 9.17) is 14.2 Å². The van der Waals surface area contributed by atoms with Gasteiger partial charge in [0.05, 0.1) is 0 Å². The molecule has 5 heteroatoms. The standard InChI is InChI=1S/C24H18O5/c1-3-23(25)28-14-13-27-22-12-9-19-15-18(5-6-20(19)16-22)17-7-10-21(11-8-17)29-24(26)4-2/h3-16H,1-2H2. The Labute approximate surface area is 168 Å². The van der Waals surface area contributed by atoms with Gasteiger partial charge in [-0.3, -0.25) is 0 Å². The number of carbonyl (C=O) groups excluding carboxylic acids is 2. The van der Waals surface area contributed by atoms with Crippen molar-refractivity contribution in [3.63, 3.8) is 0 Å². The summed E-state index contributed by atoms with van der Waals surface area (Å²) in [6.07, 6.45) is 4.64. The number of hydrogen-bond donors (Lipinski definition) is 0. The zero-order valence-corrected chi connectivity index (χ0v) is 15.5. The minimum Gasteiger partial charge on any atom is -0.462 e. The summed E-state index contributed by atoms with van der Waals surface area (Å²) >= 11 is 0. The maximum absolute atomic E-state index is 11.3. The van der Waals surface area contributed by atoms with Crippen molar-refractivity contribution in [2.75, 3.05) is 0 Å². The lowest BCUT2D eigenvalue weighted by molar-refractivity contribution is -0.132. The Bertz CT molecular complexity index is 1090. The molecule has 0 atom stereocenters. The molecule has 144 valence electrons. The van der Waals surface area contributed by atoms with Gasteiger partial charge in [-0.1, -0.05) is 43.5 Å². The van der Waals surface area contributed by atoms with E-state index in [0.29, 0.717) is 11.5 Å². The highest BCUT2D eigenvalue weighted by atomic mass is 16.5. The third-order valence-corrected chi connectivity index (χ3v) is 4.00. The van der Waals surface area contributed by atoms with Gasteiger partial charge in [-0.15, -0.1) is 0 Å². The number of carbonyl (C=O) groups is 2. The van der Waals surface area contributed by atoms with Crippen LogP contribution in [0, 0.1) is 0 Å². The monoisotopic (exact) mass is 386 g/mol. The Morgan fingerprint density at radius 3 is 2.03 bits per heavy atom. The van der Waals surface area contributed by atoms with Crippen LogP contribution in [-0.4, -0.2) is 11.9 Å². The second-order valence-corrected chi connectivity index (χ2v) is 5.90. The largest absolute Gasteiger partial charge is 0.462 e. The first-order valence-corrected chi connectivity index (χ1v) is 8.72. The third-order valence-electron chi connectivity index (χ3n) is 4.00. The van der Waals surface area contributed by atoms with Crippen molar-refractivity contribution in [2.24, 2.45) is 0 Å². The molecule has 0 unspecified atom stereocenters. The molecule has 0 bridgehead atoms. The fourth-order valence-corrected chi connectivity index (χ4v) is 2.60. The molecule has 0 aliphatic heterocycles. The highest BCUT2D eigenvalue weighted by molar-refractivity contribution is 5.88. The molecule has 0 amide bonds. The lowest BCUT2D eigenvalue weighted by Crippen LogP contribution is -2.02. The van der Waals surface area contributed by atoms with Gasteiger partial charge in [-0.2, -0.15) is 0 Å². The summed E-state index contributed by atoms with van der Waals surface area (Å²) in [6.45, 7) is 6.68. The van der Waals surface area contributed by atoms with Crippen molar-refractivity contribution < 1.29 is 23.8 Å². The summed E-state index contributed by atoms with van der Waals surface area (Å²) in [7, 11) is 0. The normalized spacial score (nSPS) is 10.5. The van der Waals surface area contributed by atoms with E-state index < -0.39 is 11.9 Å². The highest BCUT2D eigenvalue weighted by Crippen LogP contribution is 2.28. The van der Waals surface area contributed by atoms with E-state index >= 15 is 0 Å². The zero-order chi connectivity index (χ0) is 20.6. The topological polar surface area (TPSA) is 61.8 Å². The van der Waals surface area contributed by atoms with Gasteiger partial charge in [0, 0.05) is 12.2 Å². The summed E-state index contributed by atoms with van der Waals surface area (Å²) in [6, 6.07) is 19.0. The molecule has 0 spiro atoms. The Morgan fingerprint density at radius 2 is 1.31 bits per heavy atom. The number of rotatable bonds is 7. The van der Waals surface area contributed by atoms with Crippen molar-refractivity contribution in [3.8, 4) is 22.6 Å². The van der Waals surface area contributed by atoms with Crippen LogP contribution in [-0.2, 0) is 14.3 Å². The van der Waals surface area contributed by atoms with E-state index in [-0.39, 0.29) is 0 Å². The van der Waals surface area contributed by atoms with Gasteiger partial charge in [0.2, 0.25) is 0 Å². The first kappa shape index (κ1) is 19.6. The smallest absolute Gasteiger partial charge is 0.335 e. The molecular weight excluding hydrogens is 368 g/mol. The fraction of sp³-hybridized carbons (Fsp3) is 0. The second-order valence-electron chi connectivity index (χ2n) is 5.90. The summed E-state index contributed by atoms with van der Waals surface area (Å²) in [5, 5.41) is 2.04. The van der Waals surface area contributed by atoms with E-state index in [1.165, 1.54) is 6.26 Å². The van der Waals surface area contributed by atoms with Crippen LogP contribution in [0.3, 0.4) is 0 Å². The van der Waals surface area contributed by atoms with Crippen LogP contribution >= 0.6 is 0 Å². The van der Waals surface area contributed by atoms with E-state index in [0.717, 1.165) is 40.3 Å². The molecule has 0 aromatic heterocycles. The van der Waals surface area contributed by atoms with E-state index in [1.807, 2.05) is 42.5 Å². The molecule has 0 heterocycles. The Morgan fingerprint density at radius 1 is 0.690 bits per heavy atom. The van der Waals surface area contributed by atoms with Crippen LogP contribution in [0.15, 0.2) is 98.5 Å². The van der Waals surface area contributed by atoms with E-state index in [2.05, 4.69) is 19.2 Å². The van der Waals surface area contributed by atoms with Gasteiger partial charge in [0.25, 0.3) is 0 Å². The molecule has 3 aromatic carbocycles. The maximum atomic E-state index is 11.3. The lowest BCUT2D eigenvalue weighted by Gasteiger charge is -2.07. The van der Waals surface area contributed by atoms with Gasteiger partial charge in [-0.05, 0) is 52.2 Å². The number of benzene rings is 3. The highest BCUT2D eigenvalue weighted by Gasteiger charge is 2.04. The van der Waals surface area contributed by atoms with Crippen molar-refractivity contribution in [1.29, 1.82) is 0 Å². The molecular formula is C24H18O5. The van der Waals surface area contributed by atoms with Gasteiger partial charge < -0.3 is 14.2 Å². The first-order chi connectivity index (χ1) is 14.1. The minimum atomic E-state index is -0.553. The quantitative estimate of drug-likeness (QED) is 0.242. The first-order valence-electron chi connectivity index (χ1n) is 8.72. The number of fused-ring (bicyclic) bond motifs is 1. The third kappa shape index (κ3) is 5.20. The SMILES string of the molecule is C=CC(=O)OC=COc1ccc2cc(-c3ccc(OC(=O)C=C)cc3)ccc2c1. The van der Waals surface area contributed by atoms with E-state index in [9.17, 15) is 9.59 Å². The Hall–Kier alpha value is -4.12. The molecule has 0 radical (unpaired) electrons. The van der Waals surface area contributed by atoms with Crippen LogP contribution in [0.4, 0.5) is 0 Å². The predicted molar refractivity (Wildman–Crippen MR) is 111 cm³/mol. The lowest BCUT2D eigenvalue weighted by atomic mass is 10.0. The number of esters is 2. The number of hydrogen-bond acceptors (Lipinski definition) is 5. The Kier molecular flexibility index (Phi) is 6.22. The van der Waals surface area contributed by atoms with Crippen molar-refractivity contribution >= 4 is 22.7 Å². The maximum Gasteiger partial charge on any atom is 0.335 e. The predicted octanol–water partition coefficient (Wildman–Crippen LogP) is 5.18. The molecule has 0 fully saturated rings. The second kappa shape index (κ2) is 9.19. The molecule has 0 N–H and O–H groups in total. The molecule has 0 saturated carbocycles. The Balaban J connectivity index is 1.73. The average molecular weight is 386 g/mol. The molecule has 29 heavy (non-hydrogen) atoms. The zero-order valence-electron chi connectivity index (χ0n) is 15.5. The van der Waals surface area contributed by atoms with Crippen LogP contribution < -0.4 is 9.47 Å². The summed E-state index contributed by atoms with van der Waals surface area (Å²) in [4.78, 5) is 22.2. The molecule has 5 nitrogen and oxygen atoms in total. The van der Waals surface area contributed by atoms with Gasteiger partial charge in [-0.25, -0.2) is 9.59 Å². The van der Waals surface area contributed by atoms with Crippen LogP contribution in [0.2, 0.25) is 0 Å². The van der Waals surface area contributed by atoms with Crippen LogP contribution in [0.5, 0.6) is 11.5 Å². The molecule has 0 aliphatic carbocycles. The summed E-state index contributed by atoms with van der Waals surface area (Å²) in [5.41, 5.74) is 2.03.